The van der Waals surface area contributed by atoms with Crippen molar-refractivity contribution in [1.82, 2.24) is 0 Å². The van der Waals surface area contributed by atoms with Gasteiger partial charge < -0.3 is 4.74 Å². The topological polar surface area (TPSA) is 26.3 Å². The first-order valence-electron chi connectivity index (χ1n) is 6.81. The summed E-state index contributed by atoms with van der Waals surface area (Å²) in [6.07, 6.45) is -11.1. The molecule has 0 aromatic heterocycles. The van der Waals surface area contributed by atoms with Gasteiger partial charge in [0.1, 0.15) is 6.10 Å². The Morgan fingerprint density at radius 2 is 1.64 bits per heavy atom. The van der Waals surface area contributed by atoms with Crippen molar-refractivity contribution in [1.29, 1.82) is 0 Å². The number of rotatable bonds is 3. The van der Waals surface area contributed by atoms with Crippen molar-refractivity contribution < 1.29 is 35.9 Å². The van der Waals surface area contributed by atoms with Crippen LogP contribution in [0.1, 0.15) is 33.1 Å². The monoisotopic (exact) mass is 332 g/mol. The molecular weight excluding hydrogens is 314 g/mol. The van der Waals surface area contributed by atoms with Crippen LogP contribution in [0.2, 0.25) is 0 Å². The molecule has 3 unspecified atom stereocenters. The quantitative estimate of drug-likeness (QED) is 0.427. The van der Waals surface area contributed by atoms with Gasteiger partial charge in [0.05, 0.1) is 0 Å². The van der Waals surface area contributed by atoms with Crippen molar-refractivity contribution >= 4 is 5.97 Å². The lowest BCUT2D eigenvalue weighted by molar-refractivity contribution is -0.359. The van der Waals surface area contributed by atoms with E-state index in [2.05, 4.69) is 6.58 Å². The van der Waals surface area contributed by atoms with Gasteiger partial charge in [-0.1, -0.05) is 13.5 Å². The normalized spacial score (nSPS) is 27.4. The third-order valence-electron chi connectivity index (χ3n) is 4.52. The fraction of sp³-hybridized carbons (Fsp3) is 0.786. The molecule has 0 aromatic rings. The van der Waals surface area contributed by atoms with E-state index >= 15 is 0 Å². The van der Waals surface area contributed by atoms with E-state index in [9.17, 15) is 31.1 Å². The van der Waals surface area contributed by atoms with E-state index in [4.69, 9.17) is 4.74 Å². The highest BCUT2D eigenvalue weighted by Gasteiger charge is 2.71. The molecule has 128 valence electrons. The summed E-state index contributed by atoms with van der Waals surface area (Å²) in [6, 6.07) is 0. The number of halogens is 6. The first kappa shape index (κ1) is 18.8. The molecule has 0 spiro atoms. The van der Waals surface area contributed by atoms with Crippen LogP contribution in [0.4, 0.5) is 26.3 Å². The number of carbonyl (C=O) groups is 1. The summed E-state index contributed by atoms with van der Waals surface area (Å²) in [6.45, 7) is 4.71. The molecule has 0 saturated heterocycles. The Labute approximate surface area is 124 Å². The maximum atomic E-state index is 13.2. The van der Waals surface area contributed by atoms with Crippen LogP contribution in [-0.4, -0.2) is 24.4 Å². The second-order valence-corrected chi connectivity index (χ2v) is 5.86. The molecule has 1 aliphatic carbocycles. The van der Waals surface area contributed by atoms with Gasteiger partial charge in [-0.15, -0.1) is 0 Å². The fourth-order valence-corrected chi connectivity index (χ4v) is 2.99. The van der Waals surface area contributed by atoms with Crippen LogP contribution in [-0.2, 0) is 9.53 Å². The maximum Gasteiger partial charge on any atom is 0.403 e. The second-order valence-electron chi connectivity index (χ2n) is 5.86. The van der Waals surface area contributed by atoms with Gasteiger partial charge in [-0.05, 0) is 38.0 Å². The Bertz CT molecular complexity index is 412. The van der Waals surface area contributed by atoms with Crippen molar-refractivity contribution in [2.24, 2.45) is 17.3 Å². The molecule has 0 aromatic carbocycles. The molecule has 3 atom stereocenters. The Hall–Kier alpha value is -1.21. The second kappa shape index (κ2) is 6.12. The number of ether oxygens (including phenoxy) is 1. The fourth-order valence-electron chi connectivity index (χ4n) is 2.99. The highest BCUT2D eigenvalue weighted by Crippen LogP contribution is 2.59. The van der Waals surface area contributed by atoms with E-state index < -0.39 is 48.1 Å². The van der Waals surface area contributed by atoms with Crippen LogP contribution in [0, 0.1) is 17.3 Å². The van der Waals surface area contributed by atoms with Gasteiger partial charge in [0.25, 0.3) is 0 Å². The Morgan fingerprint density at radius 3 is 2.05 bits per heavy atom. The van der Waals surface area contributed by atoms with Gasteiger partial charge in [0.2, 0.25) is 0 Å². The Balaban J connectivity index is 3.12. The summed E-state index contributed by atoms with van der Waals surface area (Å²) in [7, 11) is 0. The maximum absolute atomic E-state index is 13.2. The Morgan fingerprint density at radius 1 is 1.14 bits per heavy atom. The van der Waals surface area contributed by atoms with Crippen LogP contribution in [0.3, 0.4) is 0 Å². The number of hydrogen-bond donors (Lipinski definition) is 0. The van der Waals surface area contributed by atoms with Crippen molar-refractivity contribution in [3.8, 4) is 0 Å². The van der Waals surface area contributed by atoms with Crippen LogP contribution in [0.15, 0.2) is 12.7 Å². The van der Waals surface area contributed by atoms with Gasteiger partial charge in [0, 0.05) is 6.08 Å². The molecule has 8 heteroatoms. The van der Waals surface area contributed by atoms with E-state index in [1.807, 2.05) is 0 Å². The summed E-state index contributed by atoms with van der Waals surface area (Å²) in [4.78, 5) is 11.1. The van der Waals surface area contributed by atoms with Crippen LogP contribution in [0.5, 0.6) is 0 Å². The first-order valence-corrected chi connectivity index (χ1v) is 6.81. The van der Waals surface area contributed by atoms with Gasteiger partial charge in [0.15, 0.2) is 5.41 Å². The summed E-state index contributed by atoms with van der Waals surface area (Å²) in [5, 5.41) is 0. The van der Waals surface area contributed by atoms with Crippen LogP contribution in [0.25, 0.3) is 0 Å². The first-order chi connectivity index (χ1) is 9.84. The minimum atomic E-state index is -5.44. The van der Waals surface area contributed by atoms with Gasteiger partial charge in [-0.25, -0.2) is 4.79 Å². The minimum Gasteiger partial charge on any atom is -0.459 e. The summed E-state index contributed by atoms with van der Waals surface area (Å²) in [5.74, 6) is -3.34. The predicted octanol–water partition coefficient (Wildman–Crippen LogP) is 4.65. The number of hydrogen-bond acceptors (Lipinski definition) is 2. The molecule has 0 heterocycles. The highest BCUT2D eigenvalue weighted by atomic mass is 19.4. The van der Waals surface area contributed by atoms with E-state index in [-0.39, 0.29) is 19.8 Å². The van der Waals surface area contributed by atoms with Crippen LogP contribution >= 0.6 is 0 Å². The SMILES string of the molecule is C=CC(=O)OC1CCC(C)C(C(C)(C(F)(F)F)C(F)(F)F)C1. The molecule has 1 aliphatic rings. The molecule has 1 fully saturated rings. The third-order valence-corrected chi connectivity index (χ3v) is 4.52. The van der Waals surface area contributed by atoms with Crippen LogP contribution < -0.4 is 0 Å². The molecule has 0 bridgehead atoms. The summed E-state index contributed by atoms with van der Waals surface area (Å²) < 4.78 is 83.9. The van der Waals surface area contributed by atoms with Crippen molar-refractivity contribution in [3.63, 3.8) is 0 Å². The van der Waals surface area contributed by atoms with E-state index in [1.165, 1.54) is 6.92 Å². The zero-order valence-electron chi connectivity index (χ0n) is 12.2. The largest absolute Gasteiger partial charge is 0.459 e. The molecule has 2 nitrogen and oxygen atoms in total. The molecule has 0 amide bonds. The molecule has 0 aliphatic heterocycles. The zero-order chi connectivity index (χ0) is 17.3. The van der Waals surface area contributed by atoms with E-state index in [0.717, 1.165) is 6.08 Å². The lowest BCUT2D eigenvalue weighted by atomic mass is 9.63. The van der Waals surface area contributed by atoms with Crippen molar-refractivity contribution in [2.45, 2.75) is 51.6 Å². The van der Waals surface area contributed by atoms with Gasteiger partial charge in [-0.2, -0.15) is 26.3 Å². The summed E-state index contributed by atoms with van der Waals surface area (Å²) in [5.41, 5.74) is -3.83. The van der Waals surface area contributed by atoms with Crippen molar-refractivity contribution in [3.05, 3.63) is 12.7 Å². The number of carbonyl (C=O) groups excluding carboxylic acids is 1. The minimum absolute atomic E-state index is 0.126. The third kappa shape index (κ3) is 3.41. The number of alkyl halides is 6. The average Bonchev–Trinajstić information content (AvgIpc) is 2.37. The van der Waals surface area contributed by atoms with Gasteiger partial charge >= 0.3 is 18.3 Å². The van der Waals surface area contributed by atoms with Gasteiger partial charge in [-0.3, -0.25) is 0 Å². The molecule has 0 N–H and O–H groups in total. The average molecular weight is 332 g/mol. The van der Waals surface area contributed by atoms with Crippen molar-refractivity contribution in [2.75, 3.05) is 0 Å². The highest BCUT2D eigenvalue weighted by molar-refractivity contribution is 5.81. The summed E-state index contributed by atoms with van der Waals surface area (Å²) >= 11 is 0. The number of esters is 1. The lowest BCUT2D eigenvalue weighted by Crippen LogP contribution is -2.56. The molecule has 0 radical (unpaired) electrons. The predicted molar refractivity (Wildman–Crippen MR) is 66.8 cm³/mol. The lowest BCUT2D eigenvalue weighted by Gasteiger charge is -2.46. The molecule has 1 rings (SSSR count). The van der Waals surface area contributed by atoms with E-state index in [0.29, 0.717) is 0 Å². The van der Waals surface area contributed by atoms with E-state index in [1.54, 1.807) is 0 Å². The standard InChI is InChI=1S/C14H18F6O2/c1-4-11(21)22-9-6-5-8(2)10(7-9)12(3,13(15,16)17)14(18,19)20/h4,8-10H,1,5-7H2,2-3H3. The molecule has 1 saturated carbocycles. The Kier molecular flexibility index (Phi) is 5.24. The molecular formula is C14H18F6O2. The zero-order valence-corrected chi connectivity index (χ0v) is 12.2. The molecule has 22 heavy (non-hydrogen) atoms. The smallest absolute Gasteiger partial charge is 0.403 e.